The zero-order valence-corrected chi connectivity index (χ0v) is 19.1. The van der Waals surface area contributed by atoms with Crippen LogP contribution in [-0.4, -0.2) is 48.7 Å². The van der Waals surface area contributed by atoms with Crippen LogP contribution in [0.2, 0.25) is 0 Å². The molecule has 35 heavy (non-hydrogen) atoms. The number of rotatable bonds is 8. The lowest BCUT2D eigenvalue weighted by atomic mass is 9.81. The van der Waals surface area contributed by atoms with E-state index >= 15 is 0 Å². The number of aliphatic carboxylic acids is 1. The van der Waals surface area contributed by atoms with Crippen LogP contribution in [0.4, 0.5) is 13.6 Å². The van der Waals surface area contributed by atoms with Crippen molar-refractivity contribution in [3.63, 3.8) is 0 Å². The molecule has 0 aliphatic heterocycles. The first-order valence-electron chi connectivity index (χ1n) is 11.7. The van der Waals surface area contributed by atoms with Crippen molar-refractivity contribution >= 4 is 18.0 Å². The number of ether oxygens (including phenoxy) is 1. The van der Waals surface area contributed by atoms with E-state index in [0.717, 1.165) is 22.3 Å². The second-order valence-electron chi connectivity index (χ2n) is 9.16. The second-order valence-corrected chi connectivity index (χ2v) is 9.16. The van der Waals surface area contributed by atoms with Gasteiger partial charge in [0.25, 0.3) is 5.91 Å². The molecule has 2 amide bonds. The van der Waals surface area contributed by atoms with Gasteiger partial charge in [0, 0.05) is 12.5 Å². The molecular weight excluding hydrogens is 458 g/mol. The fraction of sp³-hybridized carbons (Fsp3) is 0.423. The van der Waals surface area contributed by atoms with Crippen molar-refractivity contribution in [2.24, 2.45) is 11.8 Å². The molecule has 1 fully saturated rings. The van der Waals surface area contributed by atoms with Crippen molar-refractivity contribution in [3.8, 4) is 11.1 Å². The molecule has 0 spiro atoms. The maximum absolute atomic E-state index is 14.3. The lowest BCUT2D eigenvalue weighted by Crippen LogP contribution is -2.49. The molecule has 9 heteroatoms. The van der Waals surface area contributed by atoms with Gasteiger partial charge >= 0.3 is 18.0 Å². The summed E-state index contributed by atoms with van der Waals surface area (Å²) in [6.45, 7) is -1.24. The van der Waals surface area contributed by atoms with Gasteiger partial charge in [-0.15, -0.1) is 0 Å². The zero-order valence-electron chi connectivity index (χ0n) is 19.1. The lowest BCUT2D eigenvalue weighted by molar-refractivity contribution is -0.145. The Bertz CT molecular complexity index is 1060. The van der Waals surface area contributed by atoms with Gasteiger partial charge in [-0.3, -0.25) is 9.59 Å². The molecule has 0 aromatic heterocycles. The molecule has 4 rings (SSSR count). The van der Waals surface area contributed by atoms with E-state index in [2.05, 4.69) is 5.32 Å². The van der Waals surface area contributed by atoms with E-state index in [9.17, 15) is 23.2 Å². The number of alkyl halides is 2. The molecule has 2 aromatic carbocycles. The SMILES string of the molecule is O=C(NCC(F)(F)C(=O)NCC1CCCC(C(=O)O)C1)OCC1c2ccccc2-c2ccccc21. The van der Waals surface area contributed by atoms with Crippen LogP contribution in [0.5, 0.6) is 0 Å². The summed E-state index contributed by atoms with van der Waals surface area (Å²) in [5, 5.41) is 13.3. The highest BCUT2D eigenvalue weighted by Crippen LogP contribution is 2.44. The highest BCUT2D eigenvalue weighted by atomic mass is 19.3. The first-order chi connectivity index (χ1) is 16.8. The van der Waals surface area contributed by atoms with E-state index in [-0.39, 0.29) is 25.0 Å². The van der Waals surface area contributed by atoms with Gasteiger partial charge in [-0.1, -0.05) is 55.0 Å². The normalized spacial score (nSPS) is 19.4. The Hall–Kier alpha value is -3.49. The summed E-state index contributed by atoms with van der Waals surface area (Å²) in [6.07, 6.45) is 1.22. The Kier molecular flexibility index (Phi) is 7.33. The third-order valence-corrected chi connectivity index (χ3v) is 6.81. The number of fused-ring (bicyclic) bond motifs is 3. The third-order valence-electron chi connectivity index (χ3n) is 6.81. The zero-order chi connectivity index (χ0) is 25.0. The van der Waals surface area contributed by atoms with Crippen molar-refractivity contribution in [2.75, 3.05) is 19.7 Å². The average Bonchev–Trinajstić information content (AvgIpc) is 3.18. The van der Waals surface area contributed by atoms with E-state index in [1.54, 1.807) is 0 Å². The van der Waals surface area contributed by atoms with Gasteiger partial charge in [-0.25, -0.2) is 4.79 Å². The van der Waals surface area contributed by atoms with E-state index in [0.29, 0.717) is 25.7 Å². The number of nitrogens with one attached hydrogen (secondary N) is 2. The van der Waals surface area contributed by atoms with Crippen LogP contribution < -0.4 is 10.6 Å². The summed E-state index contributed by atoms with van der Waals surface area (Å²) in [5.74, 6) is -7.12. The highest BCUT2D eigenvalue weighted by Gasteiger charge is 2.40. The number of carboxylic acids is 1. The standard InChI is InChI=1S/C26H28F2N2O5/c27-26(28,24(33)29-13-16-6-5-7-17(12-16)23(31)32)15-30-25(34)35-14-22-20-10-3-1-8-18(20)19-9-2-4-11-21(19)22/h1-4,8-11,16-17,22H,5-7,12-15H2,(H,29,33)(H,30,34)(H,31,32). The lowest BCUT2D eigenvalue weighted by Gasteiger charge is -2.27. The summed E-state index contributed by atoms with van der Waals surface area (Å²) >= 11 is 0. The first kappa shape index (κ1) is 24.6. The largest absolute Gasteiger partial charge is 0.481 e. The number of amides is 2. The molecule has 2 atom stereocenters. The van der Waals surface area contributed by atoms with Gasteiger partial charge in [-0.05, 0) is 47.4 Å². The van der Waals surface area contributed by atoms with Crippen molar-refractivity contribution in [1.82, 2.24) is 10.6 Å². The smallest absolute Gasteiger partial charge is 0.407 e. The Balaban J connectivity index is 1.25. The Morgan fingerprint density at radius 1 is 0.971 bits per heavy atom. The monoisotopic (exact) mass is 486 g/mol. The van der Waals surface area contributed by atoms with Crippen molar-refractivity contribution in [2.45, 2.75) is 37.5 Å². The molecule has 0 bridgehead atoms. The minimum atomic E-state index is -3.83. The number of carboxylic acid groups (broad SMARTS) is 1. The number of carbonyl (C=O) groups is 3. The number of benzene rings is 2. The number of alkyl carbamates (subject to hydrolysis) is 1. The number of carbonyl (C=O) groups excluding carboxylic acids is 2. The maximum Gasteiger partial charge on any atom is 0.407 e. The molecule has 0 saturated heterocycles. The van der Waals surface area contributed by atoms with E-state index < -0.39 is 36.4 Å². The van der Waals surface area contributed by atoms with Crippen molar-refractivity contribution in [3.05, 3.63) is 59.7 Å². The predicted molar refractivity (Wildman–Crippen MR) is 124 cm³/mol. The van der Waals surface area contributed by atoms with Gasteiger partial charge < -0.3 is 20.5 Å². The van der Waals surface area contributed by atoms with Crippen LogP contribution in [0.1, 0.15) is 42.7 Å². The van der Waals surface area contributed by atoms with Crippen LogP contribution in [-0.2, 0) is 14.3 Å². The van der Waals surface area contributed by atoms with Crippen LogP contribution in [0.15, 0.2) is 48.5 Å². The van der Waals surface area contributed by atoms with Crippen molar-refractivity contribution < 1.29 is 33.0 Å². The maximum atomic E-state index is 14.3. The summed E-state index contributed by atoms with van der Waals surface area (Å²) in [6, 6.07) is 15.5. The first-order valence-corrected chi connectivity index (χ1v) is 11.7. The second kappa shape index (κ2) is 10.4. The van der Waals surface area contributed by atoms with Crippen LogP contribution in [0, 0.1) is 11.8 Å². The van der Waals surface area contributed by atoms with E-state index in [1.807, 2.05) is 53.8 Å². The summed E-state index contributed by atoms with van der Waals surface area (Å²) in [5.41, 5.74) is 4.10. The summed E-state index contributed by atoms with van der Waals surface area (Å²) in [7, 11) is 0. The molecule has 186 valence electrons. The molecule has 1 saturated carbocycles. The predicted octanol–water partition coefficient (Wildman–Crippen LogP) is 4.17. The van der Waals surface area contributed by atoms with Crippen LogP contribution in [0.3, 0.4) is 0 Å². The van der Waals surface area contributed by atoms with E-state index in [1.165, 1.54) is 0 Å². The summed E-state index contributed by atoms with van der Waals surface area (Å²) in [4.78, 5) is 35.3. The Labute approximate surface area is 201 Å². The fourth-order valence-electron chi connectivity index (χ4n) is 4.98. The Morgan fingerprint density at radius 3 is 2.23 bits per heavy atom. The molecule has 2 aromatic rings. The topological polar surface area (TPSA) is 105 Å². The summed E-state index contributed by atoms with van der Waals surface area (Å²) < 4.78 is 33.8. The van der Waals surface area contributed by atoms with Crippen LogP contribution >= 0.6 is 0 Å². The average molecular weight is 487 g/mol. The number of halogens is 2. The molecular formula is C26H28F2N2O5. The van der Waals surface area contributed by atoms with E-state index in [4.69, 9.17) is 9.84 Å². The van der Waals surface area contributed by atoms with Crippen molar-refractivity contribution in [1.29, 1.82) is 0 Å². The molecule has 3 N–H and O–H groups in total. The molecule has 0 heterocycles. The quantitative estimate of drug-likeness (QED) is 0.520. The molecule has 2 aliphatic carbocycles. The number of hydrogen-bond acceptors (Lipinski definition) is 4. The Morgan fingerprint density at radius 2 is 1.60 bits per heavy atom. The molecule has 7 nitrogen and oxygen atoms in total. The van der Waals surface area contributed by atoms with Gasteiger partial charge in [0.15, 0.2) is 0 Å². The number of hydrogen-bond donors (Lipinski definition) is 3. The third kappa shape index (κ3) is 5.61. The van der Waals surface area contributed by atoms with Gasteiger partial charge in [0.1, 0.15) is 6.61 Å². The van der Waals surface area contributed by atoms with Gasteiger partial charge in [-0.2, -0.15) is 8.78 Å². The highest BCUT2D eigenvalue weighted by molar-refractivity contribution is 5.84. The van der Waals surface area contributed by atoms with Gasteiger partial charge in [0.05, 0.1) is 12.5 Å². The molecule has 2 unspecified atom stereocenters. The minimum absolute atomic E-state index is 0.0238. The molecule has 0 radical (unpaired) electrons. The van der Waals surface area contributed by atoms with Gasteiger partial charge in [0.2, 0.25) is 0 Å². The minimum Gasteiger partial charge on any atom is -0.481 e. The fourth-order valence-corrected chi connectivity index (χ4v) is 4.98. The van der Waals surface area contributed by atoms with Crippen LogP contribution in [0.25, 0.3) is 11.1 Å². The molecule has 2 aliphatic rings.